The molecule has 7 nitrogen and oxygen atoms in total. The van der Waals surface area contributed by atoms with E-state index >= 15 is 0 Å². The zero-order valence-electron chi connectivity index (χ0n) is 19.4. The molecule has 0 spiro atoms. The van der Waals surface area contributed by atoms with Crippen LogP contribution in [0.5, 0.6) is 5.75 Å². The lowest BCUT2D eigenvalue weighted by Crippen LogP contribution is -2.31. The molecule has 1 N–H and O–H groups in total. The number of hydrogen-bond donors (Lipinski definition) is 1. The van der Waals surface area contributed by atoms with Crippen molar-refractivity contribution in [3.05, 3.63) is 42.2 Å². The summed E-state index contributed by atoms with van der Waals surface area (Å²) in [5.74, 6) is -2.38. The Morgan fingerprint density at radius 1 is 1.21 bits per heavy atom. The van der Waals surface area contributed by atoms with Crippen molar-refractivity contribution in [1.82, 2.24) is 25.2 Å². The number of aromatic nitrogens is 5. The molecule has 0 amide bonds. The summed E-state index contributed by atoms with van der Waals surface area (Å²) in [6.45, 7) is 5.66. The second-order valence-corrected chi connectivity index (χ2v) is 9.15. The third-order valence-electron chi connectivity index (χ3n) is 6.74. The lowest BCUT2D eigenvalue weighted by molar-refractivity contribution is -0.0324. The maximum atomic E-state index is 13.9. The van der Waals surface area contributed by atoms with Gasteiger partial charge in [-0.2, -0.15) is 0 Å². The van der Waals surface area contributed by atoms with Crippen molar-refractivity contribution in [2.75, 3.05) is 11.9 Å². The van der Waals surface area contributed by atoms with Gasteiger partial charge in [0.1, 0.15) is 5.75 Å². The van der Waals surface area contributed by atoms with E-state index in [2.05, 4.69) is 20.5 Å². The molecule has 0 aliphatic heterocycles. The molecule has 0 unspecified atom stereocenters. The van der Waals surface area contributed by atoms with Gasteiger partial charge in [-0.05, 0) is 56.4 Å². The predicted octanol–water partition coefficient (Wildman–Crippen LogP) is 4.89. The standard InChI is InChI=1S/C24H30F2N6O/c1-5-18-14-32(30-27-18)19-6-7-20(22(33)12-19)21-8-9-23(29-28-21)31(4)16(3)11-17-10-15(2)24(25,26)13-17/h6-9,12,14-17,33H,5,10-11,13H2,1-4H3/t15-,16-,17-/m0/s1. The topological polar surface area (TPSA) is 80.0 Å². The number of benzene rings is 1. The van der Waals surface area contributed by atoms with Crippen molar-refractivity contribution in [3.63, 3.8) is 0 Å². The summed E-state index contributed by atoms with van der Waals surface area (Å²) in [5.41, 5.74) is 2.68. The van der Waals surface area contributed by atoms with Gasteiger partial charge in [0.25, 0.3) is 5.92 Å². The highest BCUT2D eigenvalue weighted by Gasteiger charge is 2.46. The number of aryl methyl sites for hydroxylation is 1. The van der Waals surface area contributed by atoms with E-state index in [1.165, 1.54) is 0 Å². The Balaban J connectivity index is 1.44. The average Bonchev–Trinajstić information content (AvgIpc) is 3.37. The number of phenolic OH excluding ortho intramolecular Hbond substituents is 1. The van der Waals surface area contributed by atoms with Crippen molar-refractivity contribution in [3.8, 4) is 22.7 Å². The van der Waals surface area contributed by atoms with E-state index in [-0.39, 0.29) is 24.1 Å². The van der Waals surface area contributed by atoms with E-state index in [4.69, 9.17) is 0 Å². The average molecular weight is 457 g/mol. The number of aromatic hydroxyl groups is 1. The number of hydrogen-bond acceptors (Lipinski definition) is 6. The fourth-order valence-corrected chi connectivity index (χ4v) is 4.51. The Morgan fingerprint density at radius 2 is 2.00 bits per heavy atom. The number of rotatable bonds is 7. The Hall–Kier alpha value is -3.10. The maximum Gasteiger partial charge on any atom is 0.250 e. The van der Waals surface area contributed by atoms with Gasteiger partial charge < -0.3 is 10.0 Å². The highest BCUT2D eigenvalue weighted by Crippen LogP contribution is 2.45. The minimum atomic E-state index is -2.56. The van der Waals surface area contributed by atoms with Crippen LogP contribution in [0.15, 0.2) is 36.5 Å². The van der Waals surface area contributed by atoms with Crippen LogP contribution in [0.1, 0.15) is 45.7 Å². The summed E-state index contributed by atoms with van der Waals surface area (Å²) in [6.07, 6.45) is 3.81. The first kappa shape index (κ1) is 23.1. The normalized spacial score (nSPS) is 20.7. The Kier molecular flexibility index (Phi) is 6.32. The summed E-state index contributed by atoms with van der Waals surface area (Å²) < 4.78 is 29.4. The van der Waals surface area contributed by atoms with Crippen molar-refractivity contribution < 1.29 is 13.9 Å². The molecule has 0 radical (unpaired) electrons. The molecule has 176 valence electrons. The molecule has 0 bridgehead atoms. The van der Waals surface area contributed by atoms with E-state index in [1.807, 2.05) is 44.1 Å². The number of nitrogens with zero attached hydrogens (tertiary/aromatic N) is 6. The van der Waals surface area contributed by atoms with Crippen LogP contribution in [0.25, 0.3) is 16.9 Å². The largest absolute Gasteiger partial charge is 0.507 e. The van der Waals surface area contributed by atoms with Crippen LogP contribution in [0.4, 0.5) is 14.6 Å². The van der Waals surface area contributed by atoms with Crippen LogP contribution < -0.4 is 4.90 Å². The fraction of sp³-hybridized carbons (Fsp3) is 0.500. The monoisotopic (exact) mass is 456 g/mol. The zero-order chi connectivity index (χ0) is 23.8. The molecule has 2 aromatic heterocycles. The first-order valence-electron chi connectivity index (χ1n) is 11.4. The second-order valence-electron chi connectivity index (χ2n) is 9.15. The van der Waals surface area contributed by atoms with E-state index in [1.54, 1.807) is 29.8 Å². The molecule has 3 aromatic rings. The van der Waals surface area contributed by atoms with E-state index < -0.39 is 11.8 Å². The first-order valence-corrected chi connectivity index (χ1v) is 11.4. The molecular weight excluding hydrogens is 426 g/mol. The van der Waals surface area contributed by atoms with Gasteiger partial charge in [-0.25, -0.2) is 13.5 Å². The molecule has 3 atom stereocenters. The SMILES string of the molecule is CCc1cn(-c2ccc(-c3ccc(N(C)[C@@H](C)C[C@@H]4C[C@H](C)C(F)(F)C4)nn3)c(O)c2)nn1. The second kappa shape index (κ2) is 9.03. The summed E-state index contributed by atoms with van der Waals surface area (Å²) in [4.78, 5) is 1.97. The third-order valence-corrected chi connectivity index (χ3v) is 6.74. The molecule has 33 heavy (non-hydrogen) atoms. The smallest absolute Gasteiger partial charge is 0.250 e. The molecule has 2 heterocycles. The molecular formula is C24H30F2N6O. The van der Waals surface area contributed by atoms with Crippen LogP contribution in [-0.2, 0) is 6.42 Å². The highest BCUT2D eigenvalue weighted by atomic mass is 19.3. The Morgan fingerprint density at radius 3 is 2.58 bits per heavy atom. The minimum Gasteiger partial charge on any atom is -0.507 e. The molecule has 9 heteroatoms. The Bertz CT molecular complexity index is 1100. The summed E-state index contributed by atoms with van der Waals surface area (Å²) in [7, 11) is 1.90. The van der Waals surface area contributed by atoms with Crippen molar-refractivity contribution in [2.45, 2.75) is 58.4 Å². The van der Waals surface area contributed by atoms with Crippen LogP contribution in [0.2, 0.25) is 0 Å². The molecule has 1 saturated carbocycles. The van der Waals surface area contributed by atoms with Gasteiger partial charge in [0.2, 0.25) is 0 Å². The van der Waals surface area contributed by atoms with Crippen LogP contribution in [0.3, 0.4) is 0 Å². The van der Waals surface area contributed by atoms with Gasteiger partial charge >= 0.3 is 0 Å². The molecule has 0 saturated heterocycles. The molecule has 4 rings (SSSR count). The van der Waals surface area contributed by atoms with Crippen LogP contribution >= 0.6 is 0 Å². The molecule has 1 aromatic carbocycles. The third kappa shape index (κ3) is 4.82. The molecule has 1 aliphatic rings. The van der Waals surface area contributed by atoms with Gasteiger partial charge in [-0.3, -0.25) is 0 Å². The maximum absolute atomic E-state index is 13.9. The first-order chi connectivity index (χ1) is 15.7. The minimum absolute atomic E-state index is 0.00790. The van der Waals surface area contributed by atoms with Gasteiger partial charge in [0.15, 0.2) is 5.82 Å². The zero-order valence-corrected chi connectivity index (χ0v) is 19.4. The Labute approximate surface area is 192 Å². The van der Waals surface area contributed by atoms with Gasteiger partial charge in [0, 0.05) is 37.1 Å². The number of alkyl halides is 2. The highest BCUT2D eigenvalue weighted by molar-refractivity contribution is 5.69. The van der Waals surface area contributed by atoms with E-state index in [9.17, 15) is 13.9 Å². The van der Waals surface area contributed by atoms with Gasteiger partial charge in [-0.1, -0.05) is 19.1 Å². The number of phenols is 1. The quantitative estimate of drug-likeness (QED) is 0.545. The molecule has 1 fully saturated rings. The number of halogens is 2. The van der Waals surface area contributed by atoms with Crippen molar-refractivity contribution >= 4 is 5.82 Å². The van der Waals surface area contributed by atoms with E-state index in [0.717, 1.165) is 12.1 Å². The van der Waals surface area contributed by atoms with E-state index in [0.29, 0.717) is 35.6 Å². The lowest BCUT2D eigenvalue weighted by Gasteiger charge is -2.27. The summed E-state index contributed by atoms with van der Waals surface area (Å²) >= 11 is 0. The van der Waals surface area contributed by atoms with Crippen LogP contribution in [0, 0.1) is 11.8 Å². The summed E-state index contributed by atoms with van der Waals surface area (Å²) in [5, 5.41) is 27.3. The molecule has 1 aliphatic carbocycles. The van der Waals surface area contributed by atoms with Crippen molar-refractivity contribution in [1.29, 1.82) is 0 Å². The number of anilines is 1. The van der Waals surface area contributed by atoms with Gasteiger partial charge in [0.05, 0.1) is 23.3 Å². The predicted molar refractivity (Wildman–Crippen MR) is 123 cm³/mol. The fourth-order valence-electron chi connectivity index (χ4n) is 4.51. The van der Waals surface area contributed by atoms with Crippen molar-refractivity contribution in [2.24, 2.45) is 11.8 Å². The van der Waals surface area contributed by atoms with Gasteiger partial charge in [-0.15, -0.1) is 15.3 Å². The van der Waals surface area contributed by atoms with Crippen LogP contribution in [-0.4, -0.2) is 49.3 Å². The summed E-state index contributed by atoms with van der Waals surface area (Å²) in [6, 6.07) is 8.92. The lowest BCUT2D eigenvalue weighted by atomic mass is 9.97.